The Bertz CT molecular complexity index is 1620. The highest BCUT2D eigenvalue weighted by Gasteiger charge is 2.51. The van der Waals surface area contributed by atoms with Gasteiger partial charge in [-0.2, -0.15) is 5.10 Å². The van der Waals surface area contributed by atoms with Crippen LogP contribution in [0.4, 0.5) is 11.5 Å². The molecule has 4 bridgehead atoms. The average Bonchev–Trinajstić information content (AvgIpc) is 3.49. The van der Waals surface area contributed by atoms with Gasteiger partial charge < -0.3 is 15.2 Å². The molecule has 4 saturated carbocycles. The minimum atomic E-state index is -1.07. The number of hydrogen-bond donors (Lipinski definition) is 2. The third-order valence-corrected chi connectivity index (χ3v) is 9.43. The Morgan fingerprint density at radius 1 is 1.07 bits per heavy atom. The summed E-state index contributed by atoms with van der Waals surface area (Å²) >= 11 is 0. The number of fused-ring (bicyclic) bond motifs is 1. The minimum absolute atomic E-state index is 0.0804. The molecule has 0 atom stereocenters. The van der Waals surface area contributed by atoms with E-state index in [9.17, 15) is 14.7 Å². The number of rotatable bonds is 7. The third kappa shape index (κ3) is 3.96. The third-order valence-electron chi connectivity index (χ3n) is 9.43. The maximum atomic E-state index is 13.1. The van der Waals surface area contributed by atoms with Crippen molar-refractivity contribution in [2.24, 2.45) is 23.2 Å². The Hall–Kier alpha value is -4.21. The molecule has 4 fully saturated rings. The first kappa shape index (κ1) is 24.8. The van der Waals surface area contributed by atoms with Gasteiger partial charge in [-0.05, 0) is 80.8 Å². The van der Waals surface area contributed by atoms with Gasteiger partial charge in [0.2, 0.25) is 0 Å². The summed E-state index contributed by atoms with van der Waals surface area (Å²) in [4.78, 5) is 33.4. The topological polar surface area (TPSA) is 124 Å². The van der Waals surface area contributed by atoms with Crippen LogP contribution in [0.5, 0.6) is 0 Å². The van der Waals surface area contributed by atoms with E-state index in [1.807, 2.05) is 18.5 Å². The summed E-state index contributed by atoms with van der Waals surface area (Å²) in [6, 6.07) is 3.29. The molecule has 2 N–H and O–H groups in total. The molecule has 0 amide bonds. The Morgan fingerprint density at radius 2 is 1.80 bits per heavy atom. The molecule has 0 aliphatic heterocycles. The van der Waals surface area contributed by atoms with Crippen LogP contribution in [-0.4, -0.2) is 48.3 Å². The van der Waals surface area contributed by atoms with Crippen molar-refractivity contribution in [3.8, 4) is 11.1 Å². The number of carboxylic acids is 1. The van der Waals surface area contributed by atoms with E-state index in [-0.39, 0.29) is 5.56 Å². The maximum Gasteiger partial charge on any atom is 0.342 e. The van der Waals surface area contributed by atoms with Crippen molar-refractivity contribution in [1.82, 2.24) is 24.1 Å². The van der Waals surface area contributed by atoms with Gasteiger partial charge >= 0.3 is 11.9 Å². The molecule has 0 spiro atoms. The van der Waals surface area contributed by atoms with E-state index in [4.69, 9.17) is 9.84 Å². The second kappa shape index (κ2) is 9.18. The van der Waals surface area contributed by atoms with Crippen molar-refractivity contribution < 1.29 is 19.4 Å². The smallest absolute Gasteiger partial charge is 0.342 e. The molecule has 206 valence electrons. The monoisotopic (exact) mass is 540 g/mol. The molecule has 4 aliphatic rings. The highest BCUT2D eigenvalue weighted by Crippen LogP contribution is 2.60. The molecule has 4 aromatic rings. The number of carbonyl (C=O) groups excluding carboxylic acids is 1. The van der Waals surface area contributed by atoms with Gasteiger partial charge in [-0.1, -0.05) is 0 Å². The van der Waals surface area contributed by atoms with Gasteiger partial charge in [0.25, 0.3) is 0 Å². The van der Waals surface area contributed by atoms with Crippen LogP contribution in [-0.2, 0) is 11.3 Å². The zero-order chi connectivity index (χ0) is 27.6. The van der Waals surface area contributed by atoms with Gasteiger partial charge in [0.1, 0.15) is 11.4 Å². The first-order valence-corrected chi connectivity index (χ1v) is 13.9. The lowest BCUT2D eigenvalue weighted by Crippen LogP contribution is -2.48. The Morgan fingerprint density at radius 3 is 2.48 bits per heavy atom. The molecule has 4 heterocycles. The number of nitrogens with zero attached hydrogens (tertiary/aromatic N) is 5. The fourth-order valence-electron chi connectivity index (χ4n) is 8.16. The predicted molar refractivity (Wildman–Crippen MR) is 148 cm³/mol. The molecular formula is C30H32N6O4. The van der Waals surface area contributed by atoms with Crippen molar-refractivity contribution in [2.75, 3.05) is 12.4 Å². The van der Waals surface area contributed by atoms with Crippen LogP contribution >= 0.6 is 0 Å². The summed E-state index contributed by atoms with van der Waals surface area (Å²) in [5, 5.41) is 17.5. The second-order valence-electron chi connectivity index (χ2n) is 12.0. The lowest BCUT2D eigenvalue weighted by atomic mass is 9.49. The van der Waals surface area contributed by atoms with E-state index in [1.54, 1.807) is 10.6 Å². The molecule has 8 rings (SSSR count). The number of anilines is 2. The van der Waals surface area contributed by atoms with Gasteiger partial charge in [-0.3, -0.25) is 14.1 Å². The lowest BCUT2D eigenvalue weighted by molar-refractivity contribution is -0.0638. The Kier molecular flexibility index (Phi) is 5.69. The van der Waals surface area contributed by atoms with Crippen LogP contribution in [0.1, 0.15) is 64.9 Å². The summed E-state index contributed by atoms with van der Waals surface area (Å²) < 4.78 is 9.05. The van der Waals surface area contributed by atoms with Crippen molar-refractivity contribution in [1.29, 1.82) is 0 Å². The maximum absolute atomic E-state index is 13.1. The van der Waals surface area contributed by atoms with Gasteiger partial charge in [-0.25, -0.2) is 14.6 Å². The molecule has 4 aliphatic carbocycles. The van der Waals surface area contributed by atoms with Crippen molar-refractivity contribution in [2.45, 2.75) is 52.0 Å². The number of nitrogens with one attached hydrogen (secondary N) is 1. The van der Waals surface area contributed by atoms with E-state index in [0.29, 0.717) is 33.7 Å². The molecule has 0 unspecified atom stereocenters. The van der Waals surface area contributed by atoms with E-state index < -0.39 is 11.9 Å². The van der Waals surface area contributed by atoms with E-state index in [0.717, 1.165) is 35.6 Å². The molecule has 0 aromatic carbocycles. The predicted octanol–water partition coefficient (Wildman–Crippen LogP) is 5.35. The first-order valence-electron chi connectivity index (χ1n) is 13.9. The van der Waals surface area contributed by atoms with Crippen molar-refractivity contribution >= 4 is 29.1 Å². The van der Waals surface area contributed by atoms with Crippen LogP contribution in [0.2, 0.25) is 0 Å². The SMILES string of the molecule is COC(=O)c1c(-c2cnn(CC34CC5CC(CC(C5)C3)C4)c2C)ccn2c(Nc3cnccc3C(=O)O)cnc12. The second-order valence-corrected chi connectivity index (χ2v) is 12.0. The van der Waals surface area contributed by atoms with Gasteiger partial charge in [0.15, 0.2) is 5.65 Å². The number of imidazole rings is 1. The number of methoxy groups -OCH3 is 1. The number of carboxylic acid groups (broad SMARTS) is 1. The number of ether oxygens (including phenoxy) is 1. The highest BCUT2D eigenvalue weighted by atomic mass is 16.5. The molecular weight excluding hydrogens is 508 g/mol. The van der Waals surface area contributed by atoms with Crippen LogP contribution < -0.4 is 5.32 Å². The molecule has 0 saturated heterocycles. The summed E-state index contributed by atoms with van der Waals surface area (Å²) in [5.41, 5.74) is 4.09. The van der Waals surface area contributed by atoms with Gasteiger partial charge in [0.05, 0.1) is 37.0 Å². The first-order chi connectivity index (χ1) is 19.3. The van der Waals surface area contributed by atoms with Crippen molar-refractivity contribution in [3.05, 3.63) is 59.9 Å². The van der Waals surface area contributed by atoms with Crippen LogP contribution in [0.3, 0.4) is 0 Å². The Balaban J connectivity index is 1.25. The normalized spacial score (nSPS) is 24.9. The highest BCUT2D eigenvalue weighted by molar-refractivity contribution is 6.03. The molecule has 10 heteroatoms. The van der Waals surface area contributed by atoms with Gasteiger partial charge in [-0.15, -0.1) is 0 Å². The quantitative estimate of drug-likeness (QED) is 0.301. The number of esters is 1. The van der Waals surface area contributed by atoms with Crippen LogP contribution in [0.15, 0.2) is 43.1 Å². The molecule has 4 aromatic heterocycles. The van der Waals surface area contributed by atoms with E-state index in [2.05, 4.69) is 26.9 Å². The lowest BCUT2D eigenvalue weighted by Gasteiger charge is -2.56. The molecule has 40 heavy (non-hydrogen) atoms. The zero-order valence-corrected chi connectivity index (χ0v) is 22.6. The number of aromatic carboxylic acids is 1. The minimum Gasteiger partial charge on any atom is -0.478 e. The van der Waals surface area contributed by atoms with E-state index in [1.165, 1.54) is 64.1 Å². The zero-order valence-electron chi connectivity index (χ0n) is 22.6. The summed E-state index contributed by atoms with van der Waals surface area (Å²) in [5.74, 6) is 1.54. The molecule has 10 nitrogen and oxygen atoms in total. The number of pyridine rings is 2. The van der Waals surface area contributed by atoms with Crippen molar-refractivity contribution in [3.63, 3.8) is 0 Å². The van der Waals surface area contributed by atoms with Gasteiger partial charge in [0, 0.05) is 35.8 Å². The number of hydrogen-bond acceptors (Lipinski definition) is 7. The molecule has 0 radical (unpaired) electrons. The fourth-order valence-corrected chi connectivity index (χ4v) is 8.16. The number of aromatic nitrogens is 5. The van der Waals surface area contributed by atoms with E-state index >= 15 is 0 Å². The average molecular weight is 541 g/mol. The summed E-state index contributed by atoms with van der Waals surface area (Å²) in [6.07, 6.45) is 16.2. The Labute approximate surface area is 231 Å². The fraction of sp³-hybridized carbons (Fsp3) is 0.433. The van der Waals surface area contributed by atoms with Crippen LogP contribution in [0, 0.1) is 30.1 Å². The largest absolute Gasteiger partial charge is 0.478 e. The number of carbonyl (C=O) groups is 2. The summed E-state index contributed by atoms with van der Waals surface area (Å²) in [6.45, 7) is 3.00. The standard InChI is InChI=1S/C30H32N6O4/c1-17-23(13-33-36(17)16-30-10-18-7-19(11-30)9-20(8-18)12-30)21-4-6-35-25(15-32-27(35)26(21)29(39)40-2)34-24-14-31-5-3-22(24)28(37)38/h3-6,13-15,18-20,34H,7-12,16H2,1-2H3,(H,37,38). The summed E-state index contributed by atoms with van der Waals surface area (Å²) in [7, 11) is 1.36. The van der Waals surface area contributed by atoms with Crippen LogP contribution in [0.25, 0.3) is 16.8 Å².